The lowest BCUT2D eigenvalue weighted by atomic mass is 10.0. The standard InChI is InChI=1S/C21H28N2O6S/c1-4-22(5-2)16-6-7-17-15(3)18(20(24)29-19(17)14-16)8-11-28-21(25)23-9-12-30(26,27)13-10-23/h6-7,14H,4-5,8-13H2,1-3H3. The van der Waals surface area contributed by atoms with Crippen molar-refractivity contribution in [3.05, 3.63) is 39.7 Å². The summed E-state index contributed by atoms with van der Waals surface area (Å²) in [6.45, 7) is 8.01. The van der Waals surface area contributed by atoms with Crippen molar-refractivity contribution in [2.24, 2.45) is 0 Å². The molecule has 1 fully saturated rings. The van der Waals surface area contributed by atoms with E-state index in [2.05, 4.69) is 18.7 Å². The van der Waals surface area contributed by atoms with Crippen LogP contribution in [0.3, 0.4) is 0 Å². The van der Waals surface area contributed by atoms with Gasteiger partial charge in [-0.05, 0) is 38.5 Å². The van der Waals surface area contributed by atoms with Crippen LogP contribution in [0.25, 0.3) is 11.0 Å². The number of ether oxygens (including phenoxy) is 1. The van der Waals surface area contributed by atoms with Crippen molar-refractivity contribution in [1.82, 2.24) is 4.90 Å². The maximum atomic E-state index is 12.5. The minimum atomic E-state index is -3.06. The van der Waals surface area contributed by atoms with Gasteiger partial charge in [-0.15, -0.1) is 0 Å². The smallest absolute Gasteiger partial charge is 0.409 e. The Balaban J connectivity index is 1.70. The van der Waals surface area contributed by atoms with Gasteiger partial charge in [-0.1, -0.05) is 0 Å². The summed E-state index contributed by atoms with van der Waals surface area (Å²) in [6.07, 6.45) is -0.323. The van der Waals surface area contributed by atoms with Gasteiger partial charge in [-0.3, -0.25) is 0 Å². The molecule has 0 atom stereocenters. The first kappa shape index (κ1) is 22.1. The molecule has 8 nitrogen and oxygen atoms in total. The average Bonchev–Trinajstić information content (AvgIpc) is 2.71. The van der Waals surface area contributed by atoms with Gasteiger partial charge >= 0.3 is 11.7 Å². The first-order valence-corrected chi connectivity index (χ1v) is 12.0. The zero-order valence-electron chi connectivity index (χ0n) is 17.6. The van der Waals surface area contributed by atoms with Crippen molar-refractivity contribution < 1.29 is 22.4 Å². The van der Waals surface area contributed by atoms with Crippen LogP contribution in [0.5, 0.6) is 0 Å². The van der Waals surface area contributed by atoms with Crippen molar-refractivity contribution in [3.8, 4) is 0 Å². The molecule has 1 aliphatic heterocycles. The summed E-state index contributed by atoms with van der Waals surface area (Å²) < 4.78 is 33.7. The lowest BCUT2D eigenvalue weighted by Gasteiger charge is -2.25. The normalized spacial score (nSPS) is 15.9. The molecule has 0 unspecified atom stereocenters. The van der Waals surface area contributed by atoms with Crippen LogP contribution < -0.4 is 10.5 Å². The minimum Gasteiger partial charge on any atom is -0.449 e. The van der Waals surface area contributed by atoms with Gasteiger partial charge in [0.2, 0.25) is 0 Å². The van der Waals surface area contributed by atoms with E-state index in [0.29, 0.717) is 11.1 Å². The summed E-state index contributed by atoms with van der Waals surface area (Å²) in [5, 5.41) is 0.855. The molecule has 1 aromatic heterocycles. The van der Waals surface area contributed by atoms with Gasteiger partial charge in [0.15, 0.2) is 9.84 Å². The number of sulfone groups is 1. The molecule has 1 amide bonds. The van der Waals surface area contributed by atoms with E-state index in [9.17, 15) is 18.0 Å². The molecule has 0 N–H and O–H groups in total. The number of benzene rings is 1. The largest absolute Gasteiger partial charge is 0.449 e. The number of hydrogen-bond donors (Lipinski definition) is 0. The Bertz CT molecular complexity index is 1070. The van der Waals surface area contributed by atoms with Crippen molar-refractivity contribution in [1.29, 1.82) is 0 Å². The summed E-state index contributed by atoms with van der Waals surface area (Å²) in [5.74, 6) is -0.101. The lowest BCUT2D eigenvalue weighted by Crippen LogP contribution is -2.44. The summed E-state index contributed by atoms with van der Waals surface area (Å²) in [5.41, 5.74) is 2.40. The van der Waals surface area contributed by atoms with E-state index in [0.717, 1.165) is 29.7 Å². The molecule has 1 aliphatic rings. The SMILES string of the molecule is CCN(CC)c1ccc2c(C)c(CCOC(=O)N3CCS(=O)(=O)CC3)c(=O)oc2c1. The zero-order chi connectivity index (χ0) is 21.9. The van der Waals surface area contributed by atoms with Crippen LogP contribution in [0.1, 0.15) is 25.0 Å². The fraction of sp³-hybridized carbons (Fsp3) is 0.524. The van der Waals surface area contributed by atoms with Gasteiger partial charge in [0, 0.05) is 55.3 Å². The van der Waals surface area contributed by atoms with Crippen molar-refractivity contribution in [2.75, 3.05) is 49.2 Å². The predicted octanol–water partition coefficient (Wildman–Crippen LogP) is 2.36. The number of rotatable bonds is 6. The average molecular weight is 437 g/mol. The second-order valence-electron chi connectivity index (χ2n) is 7.35. The van der Waals surface area contributed by atoms with Gasteiger partial charge in [-0.2, -0.15) is 0 Å². The summed E-state index contributed by atoms with van der Waals surface area (Å²) in [4.78, 5) is 28.2. The maximum Gasteiger partial charge on any atom is 0.409 e. The van der Waals surface area contributed by atoms with Crippen LogP contribution in [0.15, 0.2) is 27.4 Å². The summed E-state index contributed by atoms with van der Waals surface area (Å²) >= 11 is 0. The molecule has 9 heteroatoms. The predicted molar refractivity (Wildman–Crippen MR) is 116 cm³/mol. The Labute approximate surface area is 176 Å². The number of nitrogens with zero attached hydrogens (tertiary/aromatic N) is 2. The third kappa shape index (κ3) is 4.77. The molecule has 2 aromatic rings. The van der Waals surface area contributed by atoms with Crippen molar-refractivity contribution in [3.63, 3.8) is 0 Å². The minimum absolute atomic E-state index is 0.0245. The molecule has 0 bridgehead atoms. The van der Waals surface area contributed by atoms with Gasteiger partial charge in [0.05, 0.1) is 18.1 Å². The number of hydrogen-bond acceptors (Lipinski definition) is 7. The fourth-order valence-electron chi connectivity index (χ4n) is 3.68. The van der Waals surface area contributed by atoms with Gasteiger partial charge in [0.25, 0.3) is 0 Å². The second kappa shape index (κ2) is 9.07. The van der Waals surface area contributed by atoms with E-state index in [1.54, 1.807) is 0 Å². The van der Waals surface area contributed by atoms with Gasteiger partial charge < -0.3 is 19.0 Å². The van der Waals surface area contributed by atoms with Crippen molar-refractivity contribution >= 4 is 32.6 Å². The molecule has 164 valence electrons. The molecule has 0 saturated carbocycles. The third-order valence-corrected chi connectivity index (χ3v) is 7.19. The van der Waals surface area contributed by atoms with E-state index < -0.39 is 21.6 Å². The highest BCUT2D eigenvalue weighted by atomic mass is 32.2. The van der Waals surface area contributed by atoms with Crippen molar-refractivity contribution in [2.45, 2.75) is 27.2 Å². The van der Waals surface area contributed by atoms with Crippen LogP contribution in [0.2, 0.25) is 0 Å². The lowest BCUT2D eigenvalue weighted by molar-refractivity contribution is 0.106. The highest BCUT2D eigenvalue weighted by Gasteiger charge is 2.26. The number of carbonyl (C=O) groups is 1. The molecule has 0 aliphatic carbocycles. The van der Waals surface area contributed by atoms with Crippen LogP contribution in [0, 0.1) is 6.92 Å². The Morgan fingerprint density at radius 1 is 1.20 bits per heavy atom. The van der Waals surface area contributed by atoms with Gasteiger partial charge in [-0.25, -0.2) is 18.0 Å². The first-order chi connectivity index (χ1) is 14.3. The molecule has 0 spiro atoms. The monoisotopic (exact) mass is 436 g/mol. The number of fused-ring (bicyclic) bond motifs is 1. The molecule has 3 rings (SSSR count). The van der Waals surface area contributed by atoms with Crippen LogP contribution in [-0.4, -0.2) is 63.7 Å². The quantitative estimate of drug-likeness (QED) is 0.641. The van der Waals surface area contributed by atoms with E-state index in [4.69, 9.17) is 9.15 Å². The Morgan fingerprint density at radius 3 is 2.50 bits per heavy atom. The molecular weight excluding hydrogens is 408 g/mol. The molecule has 1 saturated heterocycles. The Hall–Kier alpha value is -2.55. The van der Waals surface area contributed by atoms with E-state index in [1.165, 1.54) is 4.90 Å². The first-order valence-electron chi connectivity index (χ1n) is 10.2. The fourth-order valence-corrected chi connectivity index (χ4v) is 4.89. The molecule has 2 heterocycles. The highest BCUT2D eigenvalue weighted by Crippen LogP contribution is 2.25. The summed E-state index contributed by atoms with van der Waals surface area (Å²) in [7, 11) is -3.06. The molecule has 0 radical (unpaired) electrons. The maximum absolute atomic E-state index is 12.5. The number of carbonyl (C=O) groups excluding carboxylic acids is 1. The number of aryl methyl sites for hydroxylation is 1. The second-order valence-corrected chi connectivity index (χ2v) is 9.65. The Kier molecular flexibility index (Phi) is 6.70. The highest BCUT2D eigenvalue weighted by molar-refractivity contribution is 7.91. The van der Waals surface area contributed by atoms with Gasteiger partial charge in [0.1, 0.15) is 5.58 Å². The third-order valence-electron chi connectivity index (χ3n) is 5.58. The van der Waals surface area contributed by atoms with Crippen LogP contribution >= 0.6 is 0 Å². The zero-order valence-corrected chi connectivity index (χ0v) is 18.5. The number of amides is 1. The van der Waals surface area contributed by atoms with E-state index >= 15 is 0 Å². The Morgan fingerprint density at radius 2 is 1.87 bits per heavy atom. The van der Waals surface area contributed by atoms with E-state index in [-0.39, 0.29) is 37.6 Å². The topological polar surface area (TPSA) is 97.1 Å². The van der Waals surface area contributed by atoms with E-state index in [1.807, 2.05) is 25.1 Å². The van der Waals surface area contributed by atoms with Crippen LogP contribution in [-0.2, 0) is 21.0 Å². The summed E-state index contributed by atoms with van der Waals surface area (Å²) in [6, 6.07) is 5.84. The molecule has 30 heavy (non-hydrogen) atoms. The van der Waals surface area contributed by atoms with Crippen LogP contribution in [0.4, 0.5) is 10.5 Å². The molecule has 1 aromatic carbocycles. The molecular formula is C21H28N2O6S. The number of anilines is 1.